The number of rotatable bonds is 3. The molecule has 88 valence electrons. The second kappa shape index (κ2) is 4.29. The molecule has 0 radical (unpaired) electrons. The quantitative estimate of drug-likeness (QED) is 0.692. The molecular weight excluding hydrogens is 216 g/mol. The van der Waals surface area contributed by atoms with Crippen LogP contribution in [0.25, 0.3) is 0 Å². The van der Waals surface area contributed by atoms with Crippen molar-refractivity contribution < 1.29 is 4.79 Å². The number of anilines is 2. The fraction of sp³-hybridized carbons (Fsp3) is 0.167. The average Bonchev–Trinajstić information content (AvgIpc) is 2.61. The number of hydrogen-bond acceptors (Lipinski definition) is 4. The van der Waals surface area contributed by atoms with E-state index >= 15 is 0 Å². The zero-order chi connectivity index (χ0) is 12.4. The lowest BCUT2D eigenvalue weighted by atomic mass is 10.0. The maximum Gasteiger partial charge on any atom is 0.167 e. The number of nitrogen functional groups attached to an aromatic ring is 2. The molecule has 0 bridgehead atoms. The predicted molar refractivity (Wildman–Crippen MR) is 66.6 cm³/mol. The van der Waals surface area contributed by atoms with Gasteiger partial charge in [-0.1, -0.05) is 29.8 Å². The normalized spacial score (nSPS) is 10.4. The van der Waals surface area contributed by atoms with Crippen LogP contribution < -0.4 is 11.5 Å². The van der Waals surface area contributed by atoms with Crippen molar-refractivity contribution in [3.05, 3.63) is 41.0 Å². The number of aromatic amines is 1. The zero-order valence-corrected chi connectivity index (χ0v) is 9.53. The zero-order valence-electron chi connectivity index (χ0n) is 9.53. The van der Waals surface area contributed by atoms with Gasteiger partial charge < -0.3 is 11.5 Å². The van der Waals surface area contributed by atoms with Crippen molar-refractivity contribution in [1.29, 1.82) is 0 Å². The van der Waals surface area contributed by atoms with E-state index in [9.17, 15) is 4.79 Å². The smallest absolute Gasteiger partial charge is 0.167 e. The summed E-state index contributed by atoms with van der Waals surface area (Å²) in [6.07, 6.45) is 0.164. The van der Waals surface area contributed by atoms with E-state index in [1.54, 1.807) is 12.1 Å². The van der Waals surface area contributed by atoms with Crippen LogP contribution in [0.2, 0.25) is 0 Å². The number of ketones is 1. The van der Waals surface area contributed by atoms with Crippen LogP contribution in [0.1, 0.15) is 21.5 Å². The molecule has 17 heavy (non-hydrogen) atoms. The number of nitrogens with zero attached hydrogens (tertiary/aromatic N) is 1. The summed E-state index contributed by atoms with van der Waals surface area (Å²) in [5, 5.41) is 6.31. The Balaban J connectivity index is 2.20. The molecule has 2 rings (SSSR count). The molecule has 5 N–H and O–H groups in total. The lowest BCUT2D eigenvalue weighted by molar-refractivity contribution is 0.0993. The van der Waals surface area contributed by atoms with Crippen LogP contribution in [0.4, 0.5) is 11.6 Å². The summed E-state index contributed by atoms with van der Waals surface area (Å²) >= 11 is 0. The van der Waals surface area contributed by atoms with Crippen molar-refractivity contribution in [2.75, 3.05) is 11.5 Å². The highest BCUT2D eigenvalue weighted by molar-refractivity contribution is 5.98. The minimum atomic E-state index is -0.0233. The van der Waals surface area contributed by atoms with Crippen molar-refractivity contribution >= 4 is 17.4 Å². The van der Waals surface area contributed by atoms with Gasteiger partial charge in [-0.25, -0.2) is 0 Å². The van der Waals surface area contributed by atoms with E-state index in [0.29, 0.717) is 16.9 Å². The Hall–Kier alpha value is -2.30. The molecule has 1 heterocycles. The van der Waals surface area contributed by atoms with Crippen LogP contribution in [0.5, 0.6) is 0 Å². The van der Waals surface area contributed by atoms with Gasteiger partial charge in [0.1, 0.15) is 5.82 Å². The molecule has 0 fully saturated rings. The SMILES string of the molecule is Cc1ccc(C(=O)Cc2c(N)n[nH]c2N)cc1. The third-order valence-corrected chi connectivity index (χ3v) is 2.64. The number of nitrogens with one attached hydrogen (secondary N) is 1. The topological polar surface area (TPSA) is 97.8 Å². The first-order valence-corrected chi connectivity index (χ1v) is 5.26. The van der Waals surface area contributed by atoms with Gasteiger partial charge >= 0.3 is 0 Å². The number of carbonyl (C=O) groups excluding carboxylic acids is 1. The van der Waals surface area contributed by atoms with Crippen LogP contribution in [0.3, 0.4) is 0 Å². The summed E-state index contributed by atoms with van der Waals surface area (Å²) in [5.74, 6) is 0.607. The maximum absolute atomic E-state index is 12.0. The number of Topliss-reactive ketones (excluding diaryl/α,β-unsaturated/α-hetero) is 1. The number of hydrogen-bond donors (Lipinski definition) is 3. The molecule has 1 aromatic carbocycles. The highest BCUT2D eigenvalue weighted by atomic mass is 16.1. The molecule has 0 saturated carbocycles. The minimum absolute atomic E-state index is 0.0233. The monoisotopic (exact) mass is 230 g/mol. The number of H-pyrrole nitrogens is 1. The minimum Gasteiger partial charge on any atom is -0.384 e. The van der Waals surface area contributed by atoms with Gasteiger partial charge in [-0.3, -0.25) is 9.89 Å². The first-order chi connectivity index (χ1) is 8.08. The van der Waals surface area contributed by atoms with Crippen LogP contribution in [-0.2, 0) is 6.42 Å². The van der Waals surface area contributed by atoms with Gasteiger partial charge in [-0.15, -0.1) is 0 Å². The Bertz CT molecular complexity index is 523. The summed E-state index contributed by atoms with van der Waals surface area (Å²) in [4.78, 5) is 12.0. The van der Waals surface area contributed by atoms with Gasteiger partial charge in [0.15, 0.2) is 11.6 Å². The second-order valence-electron chi connectivity index (χ2n) is 3.97. The van der Waals surface area contributed by atoms with E-state index in [1.165, 1.54) is 0 Å². The molecule has 1 aromatic heterocycles. The largest absolute Gasteiger partial charge is 0.384 e. The van der Waals surface area contributed by atoms with E-state index in [0.717, 1.165) is 5.56 Å². The Morgan fingerprint density at radius 1 is 1.29 bits per heavy atom. The summed E-state index contributed by atoms with van der Waals surface area (Å²) < 4.78 is 0. The third kappa shape index (κ3) is 2.28. The van der Waals surface area contributed by atoms with Crippen LogP contribution >= 0.6 is 0 Å². The predicted octanol–water partition coefficient (Wildman–Crippen LogP) is 1.31. The molecule has 0 aliphatic carbocycles. The Labute approximate surface area is 98.8 Å². The van der Waals surface area contributed by atoms with E-state index in [1.807, 2.05) is 19.1 Å². The lowest BCUT2D eigenvalue weighted by Gasteiger charge is -2.02. The van der Waals surface area contributed by atoms with E-state index in [2.05, 4.69) is 10.2 Å². The van der Waals surface area contributed by atoms with Gasteiger partial charge in [-0.05, 0) is 6.92 Å². The van der Waals surface area contributed by atoms with Crippen molar-refractivity contribution in [1.82, 2.24) is 10.2 Å². The number of nitrogens with two attached hydrogens (primary N) is 2. The molecule has 0 saturated heterocycles. The van der Waals surface area contributed by atoms with Crippen molar-refractivity contribution in [2.24, 2.45) is 0 Å². The number of carbonyl (C=O) groups is 1. The fourth-order valence-electron chi connectivity index (χ4n) is 1.58. The molecule has 0 unspecified atom stereocenters. The molecule has 0 spiro atoms. The molecule has 2 aromatic rings. The van der Waals surface area contributed by atoms with E-state index < -0.39 is 0 Å². The van der Waals surface area contributed by atoms with Gasteiger partial charge in [0.2, 0.25) is 0 Å². The summed E-state index contributed by atoms with van der Waals surface area (Å²) in [6.45, 7) is 1.97. The van der Waals surface area contributed by atoms with E-state index in [-0.39, 0.29) is 18.0 Å². The molecule has 5 nitrogen and oxygen atoms in total. The third-order valence-electron chi connectivity index (χ3n) is 2.64. The molecule has 0 aliphatic heterocycles. The Kier molecular flexibility index (Phi) is 2.82. The summed E-state index contributed by atoms with van der Waals surface area (Å²) in [6, 6.07) is 7.39. The Morgan fingerprint density at radius 2 is 1.94 bits per heavy atom. The lowest BCUT2D eigenvalue weighted by Crippen LogP contribution is -2.06. The fourth-order valence-corrected chi connectivity index (χ4v) is 1.58. The highest BCUT2D eigenvalue weighted by Crippen LogP contribution is 2.18. The second-order valence-corrected chi connectivity index (χ2v) is 3.97. The van der Waals surface area contributed by atoms with Crippen LogP contribution in [0, 0.1) is 6.92 Å². The standard InChI is InChI=1S/C12H14N4O/c1-7-2-4-8(5-3-7)10(17)6-9-11(13)15-16-12(9)14/h2-5H,6H2,1H3,(H5,13,14,15,16). The van der Waals surface area contributed by atoms with E-state index in [4.69, 9.17) is 11.5 Å². The van der Waals surface area contributed by atoms with Crippen LogP contribution in [-0.4, -0.2) is 16.0 Å². The number of aromatic nitrogens is 2. The first kappa shape index (κ1) is 11.2. The van der Waals surface area contributed by atoms with Gasteiger partial charge in [0, 0.05) is 17.5 Å². The van der Waals surface area contributed by atoms with Crippen molar-refractivity contribution in [2.45, 2.75) is 13.3 Å². The van der Waals surface area contributed by atoms with Gasteiger partial charge in [0.05, 0.1) is 0 Å². The highest BCUT2D eigenvalue weighted by Gasteiger charge is 2.14. The maximum atomic E-state index is 12.0. The van der Waals surface area contributed by atoms with Gasteiger partial charge in [0.25, 0.3) is 0 Å². The average molecular weight is 230 g/mol. The molecule has 0 aliphatic rings. The van der Waals surface area contributed by atoms with Crippen LogP contribution in [0.15, 0.2) is 24.3 Å². The van der Waals surface area contributed by atoms with Crippen molar-refractivity contribution in [3.63, 3.8) is 0 Å². The molecule has 5 heteroatoms. The summed E-state index contributed by atoms with van der Waals surface area (Å²) in [5.41, 5.74) is 13.6. The molecular formula is C12H14N4O. The Morgan fingerprint density at radius 3 is 2.47 bits per heavy atom. The first-order valence-electron chi connectivity index (χ1n) is 5.26. The van der Waals surface area contributed by atoms with Gasteiger partial charge in [-0.2, -0.15) is 5.10 Å². The number of aryl methyl sites for hydroxylation is 1. The van der Waals surface area contributed by atoms with Crippen molar-refractivity contribution in [3.8, 4) is 0 Å². The number of benzene rings is 1. The molecule has 0 atom stereocenters. The summed E-state index contributed by atoms with van der Waals surface area (Å²) in [7, 11) is 0. The molecule has 0 amide bonds.